The molecule has 1 aromatic carbocycles. The van der Waals surface area contributed by atoms with Crippen molar-refractivity contribution in [1.29, 1.82) is 0 Å². The number of benzene rings is 1. The SMILES string of the molecule is COc1ccc(Cl)cc1S(=O)(=O)NC1CCC(N)CC1.Cl. The van der Waals surface area contributed by atoms with Crippen molar-refractivity contribution < 1.29 is 13.2 Å². The van der Waals surface area contributed by atoms with Crippen LogP contribution in [-0.2, 0) is 10.0 Å². The molecule has 3 N–H and O–H groups in total. The van der Waals surface area contributed by atoms with E-state index in [0.717, 1.165) is 25.7 Å². The minimum absolute atomic E-state index is 0. The molecule has 1 aliphatic carbocycles. The van der Waals surface area contributed by atoms with E-state index in [4.69, 9.17) is 22.1 Å². The van der Waals surface area contributed by atoms with Crippen LogP contribution >= 0.6 is 24.0 Å². The lowest BCUT2D eigenvalue weighted by molar-refractivity contribution is 0.371. The number of halogens is 2. The Kier molecular flexibility index (Phi) is 6.74. The highest BCUT2D eigenvalue weighted by Crippen LogP contribution is 2.28. The van der Waals surface area contributed by atoms with Crippen molar-refractivity contribution in [2.24, 2.45) is 5.73 Å². The highest BCUT2D eigenvalue weighted by atomic mass is 35.5. The topological polar surface area (TPSA) is 81.4 Å². The Labute approximate surface area is 136 Å². The predicted molar refractivity (Wildman–Crippen MR) is 85.8 cm³/mol. The molecular formula is C13H20Cl2N2O3S. The molecular weight excluding hydrogens is 335 g/mol. The zero-order valence-electron chi connectivity index (χ0n) is 11.7. The van der Waals surface area contributed by atoms with Crippen LogP contribution in [-0.4, -0.2) is 27.6 Å². The molecule has 0 aromatic heterocycles. The van der Waals surface area contributed by atoms with E-state index >= 15 is 0 Å². The summed E-state index contributed by atoms with van der Waals surface area (Å²) in [4.78, 5) is 0.0716. The molecule has 8 heteroatoms. The van der Waals surface area contributed by atoms with Crippen molar-refractivity contribution >= 4 is 34.0 Å². The molecule has 21 heavy (non-hydrogen) atoms. The van der Waals surface area contributed by atoms with Crippen LogP contribution in [0.2, 0.25) is 5.02 Å². The highest BCUT2D eigenvalue weighted by molar-refractivity contribution is 7.89. The summed E-state index contributed by atoms with van der Waals surface area (Å²) < 4.78 is 32.7. The lowest BCUT2D eigenvalue weighted by Crippen LogP contribution is -2.40. The second-order valence-corrected chi connectivity index (χ2v) is 7.15. The van der Waals surface area contributed by atoms with Gasteiger partial charge in [0.2, 0.25) is 10.0 Å². The van der Waals surface area contributed by atoms with Gasteiger partial charge in [-0.1, -0.05) is 11.6 Å². The number of rotatable bonds is 4. The number of sulfonamides is 1. The summed E-state index contributed by atoms with van der Waals surface area (Å²) in [6.45, 7) is 0. The molecule has 1 aromatic rings. The van der Waals surface area contributed by atoms with E-state index in [0.29, 0.717) is 5.02 Å². The summed E-state index contributed by atoms with van der Waals surface area (Å²) >= 11 is 5.88. The molecule has 1 fully saturated rings. The maximum Gasteiger partial charge on any atom is 0.244 e. The fourth-order valence-electron chi connectivity index (χ4n) is 2.38. The smallest absolute Gasteiger partial charge is 0.244 e. The lowest BCUT2D eigenvalue weighted by Gasteiger charge is -2.26. The van der Waals surface area contributed by atoms with Gasteiger partial charge in [0.1, 0.15) is 10.6 Å². The van der Waals surface area contributed by atoms with Gasteiger partial charge in [-0.05, 0) is 43.9 Å². The summed E-state index contributed by atoms with van der Waals surface area (Å²) in [5.41, 5.74) is 5.82. The molecule has 0 radical (unpaired) electrons. The first-order valence-electron chi connectivity index (χ1n) is 6.54. The average Bonchev–Trinajstić information content (AvgIpc) is 2.41. The monoisotopic (exact) mass is 354 g/mol. The predicted octanol–water partition coefficient (Wildman–Crippen LogP) is 2.32. The Morgan fingerprint density at radius 1 is 1.29 bits per heavy atom. The van der Waals surface area contributed by atoms with Gasteiger partial charge in [0.25, 0.3) is 0 Å². The Morgan fingerprint density at radius 2 is 1.90 bits per heavy atom. The van der Waals surface area contributed by atoms with Gasteiger partial charge >= 0.3 is 0 Å². The summed E-state index contributed by atoms with van der Waals surface area (Å²) in [6, 6.07) is 4.64. The van der Waals surface area contributed by atoms with Crippen LogP contribution in [0.4, 0.5) is 0 Å². The van der Waals surface area contributed by atoms with E-state index in [1.165, 1.54) is 13.2 Å². The van der Waals surface area contributed by atoms with Gasteiger partial charge in [-0.25, -0.2) is 13.1 Å². The van der Waals surface area contributed by atoms with Crippen molar-refractivity contribution in [3.05, 3.63) is 23.2 Å². The molecule has 0 aliphatic heterocycles. The van der Waals surface area contributed by atoms with Gasteiger partial charge in [-0.3, -0.25) is 0 Å². The van der Waals surface area contributed by atoms with Crippen LogP contribution in [0.5, 0.6) is 5.75 Å². The Balaban J connectivity index is 0.00000220. The molecule has 1 saturated carbocycles. The van der Waals surface area contributed by atoms with Crippen molar-refractivity contribution in [3.63, 3.8) is 0 Å². The van der Waals surface area contributed by atoms with Gasteiger partial charge in [-0.15, -0.1) is 12.4 Å². The molecule has 0 unspecified atom stereocenters. The molecule has 0 saturated heterocycles. The average molecular weight is 355 g/mol. The van der Waals surface area contributed by atoms with Crippen molar-refractivity contribution in [3.8, 4) is 5.75 Å². The van der Waals surface area contributed by atoms with E-state index < -0.39 is 10.0 Å². The van der Waals surface area contributed by atoms with Crippen molar-refractivity contribution in [2.75, 3.05) is 7.11 Å². The summed E-state index contributed by atoms with van der Waals surface area (Å²) in [5, 5.41) is 0.358. The zero-order valence-corrected chi connectivity index (χ0v) is 14.1. The quantitative estimate of drug-likeness (QED) is 0.869. The van der Waals surface area contributed by atoms with Crippen LogP contribution in [0.15, 0.2) is 23.1 Å². The maximum atomic E-state index is 12.4. The van der Waals surface area contributed by atoms with E-state index in [1.54, 1.807) is 12.1 Å². The second kappa shape index (κ2) is 7.65. The normalized spacial score (nSPS) is 22.4. The van der Waals surface area contributed by atoms with E-state index in [1.807, 2.05) is 0 Å². The second-order valence-electron chi connectivity index (χ2n) is 5.03. The number of hydrogen-bond acceptors (Lipinski definition) is 4. The van der Waals surface area contributed by atoms with Gasteiger partial charge in [0.15, 0.2) is 0 Å². The summed E-state index contributed by atoms with van der Waals surface area (Å²) in [7, 11) is -2.21. The lowest BCUT2D eigenvalue weighted by atomic mass is 9.93. The zero-order chi connectivity index (χ0) is 14.8. The third kappa shape index (κ3) is 4.72. The van der Waals surface area contributed by atoms with Crippen LogP contribution in [0.3, 0.4) is 0 Å². The third-order valence-electron chi connectivity index (χ3n) is 3.51. The van der Waals surface area contributed by atoms with Crippen molar-refractivity contribution in [1.82, 2.24) is 4.72 Å². The molecule has 1 aliphatic rings. The van der Waals surface area contributed by atoms with Gasteiger partial charge in [0, 0.05) is 17.1 Å². The molecule has 5 nitrogen and oxygen atoms in total. The fourth-order valence-corrected chi connectivity index (χ4v) is 4.12. The number of methoxy groups -OCH3 is 1. The van der Waals surface area contributed by atoms with Crippen molar-refractivity contribution in [2.45, 2.75) is 42.7 Å². The maximum absolute atomic E-state index is 12.4. The molecule has 2 rings (SSSR count). The first kappa shape index (κ1) is 18.5. The van der Waals surface area contributed by atoms with E-state index in [-0.39, 0.29) is 35.1 Å². The van der Waals surface area contributed by atoms with E-state index in [2.05, 4.69) is 4.72 Å². The van der Waals surface area contributed by atoms with Gasteiger partial charge in [0.05, 0.1) is 7.11 Å². The first-order chi connectivity index (χ1) is 9.42. The molecule has 0 amide bonds. The standard InChI is InChI=1S/C13H19ClN2O3S.ClH/c1-19-12-7-2-9(14)8-13(12)20(17,18)16-11-5-3-10(15)4-6-11;/h2,7-8,10-11,16H,3-6,15H2,1H3;1H. The minimum Gasteiger partial charge on any atom is -0.495 e. The number of nitrogens with two attached hydrogens (primary N) is 1. The third-order valence-corrected chi connectivity index (χ3v) is 5.29. The Hall–Kier alpha value is -0.530. The fraction of sp³-hybridized carbons (Fsp3) is 0.538. The summed E-state index contributed by atoms with van der Waals surface area (Å²) in [5.74, 6) is 0.286. The number of nitrogens with one attached hydrogen (secondary N) is 1. The first-order valence-corrected chi connectivity index (χ1v) is 8.40. The molecule has 0 atom stereocenters. The van der Waals surface area contributed by atoms with Crippen LogP contribution in [0.25, 0.3) is 0 Å². The summed E-state index contributed by atoms with van der Waals surface area (Å²) in [6.07, 6.45) is 3.17. The van der Waals surface area contributed by atoms with Crippen LogP contribution in [0, 0.1) is 0 Å². The van der Waals surface area contributed by atoms with Gasteiger partial charge < -0.3 is 10.5 Å². The van der Waals surface area contributed by atoms with Gasteiger partial charge in [-0.2, -0.15) is 0 Å². The molecule has 0 heterocycles. The Morgan fingerprint density at radius 3 is 2.48 bits per heavy atom. The number of ether oxygens (including phenoxy) is 1. The molecule has 0 spiro atoms. The molecule has 0 bridgehead atoms. The Bertz CT molecular complexity index is 573. The largest absolute Gasteiger partial charge is 0.495 e. The van der Waals surface area contributed by atoms with Crippen LogP contribution in [0.1, 0.15) is 25.7 Å². The number of hydrogen-bond donors (Lipinski definition) is 2. The van der Waals surface area contributed by atoms with E-state index in [9.17, 15) is 8.42 Å². The minimum atomic E-state index is -3.64. The highest BCUT2D eigenvalue weighted by Gasteiger charge is 2.26. The van der Waals surface area contributed by atoms with Crippen LogP contribution < -0.4 is 15.2 Å². The molecule has 120 valence electrons.